The first-order valence-electron chi connectivity index (χ1n) is 8.21. The molecule has 12 heteroatoms. The van der Waals surface area contributed by atoms with Crippen molar-refractivity contribution in [3.05, 3.63) is 70.0 Å². The normalized spacial score (nSPS) is 11.1. The Morgan fingerprint density at radius 1 is 1.00 bits per heavy atom. The Hall–Kier alpha value is -3.24. The van der Waals surface area contributed by atoms with Crippen LogP contribution in [0.2, 0.25) is 10.0 Å². The minimum absolute atomic E-state index is 0.0302. The van der Waals surface area contributed by atoms with Gasteiger partial charge in [0.25, 0.3) is 5.91 Å². The molecule has 5 N–H and O–H groups in total. The van der Waals surface area contributed by atoms with E-state index in [1.165, 1.54) is 18.2 Å². The van der Waals surface area contributed by atoms with E-state index >= 15 is 0 Å². The van der Waals surface area contributed by atoms with Crippen molar-refractivity contribution in [2.45, 2.75) is 6.18 Å². The molecule has 0 atom stereocenters. The molecular weight excluding hydrogens is 444 g/mol. The van der Waals surface area contributed by atoms with Crippen molar-refractivity contribution in [2.75, 3.05) is 16.5 Å². The van der Waals surface area contributed by atoms with Gasteiger partial charge in [0.1, 0.15) is 12.0 Å². The zero-order chi connectivity index (χ0) is 21.9. The van der Waals surface area contributed by atoms with E-state index in [1.54, 1.807) is 12.1 Å². The molecule has 0 fully saturated rings. The molecule has 0 saturated heterocycles. The molecular formula is C18H13Cl2F3N6O. The number of nitrogens with two attached hydrogens (primary N) is 1. The van der Waals surface area contributed by atoms with E-state index in [4.69, 9.17) is 28.9 Å². The Morgan fingerprint density at radius 3 is 2.33 bits per heavy atom. The molecule has 0 spiro atoms. The second kappa shape index (κ2) is 8.64. The summed E-state index contributed by atoms with van der Waals surface area (Å²) in [6.07, 6.45) is -3.50. The molecule has 0 bridgehead atoms. The van der Waals surface area contributed by atoms with E-state index in [1.807, 2.05) is 0 Å². The summed E-state index contributed by atoms with van der Waals surface area (Å²) in [4.78, 5) is 20.0. The van der Waals surface area contributed by atoms with Gasteiger partial charge in [0.15, 0.2) is 11.6 Å². The lowest BCUT2D eigenvalue weighted by molar-refractivity contribution is -0.137. The number of rotatable bonds is 5. The van der Waals surface area contributed by atoms with Crippen molar-refractivity contribution in [1.82, 2.24) is 15.4 Å². The number of nitrogens with zero attached hydrogens (tertiary/aromatic N) is 2. The molecule has 0 aliphatic heterocycles. The molecule has 30 heavy (non-hydrogen) atoms. The van der Waals surface area contributed by atoms with Crippen LogP contribution in [0.15, 0.2) is 48.8 Å². The molecule has 7 nitrogen and oxygen atoms in total. The smallest absolute Gasteiger partial charge is 0.393 e. The van der Waals surface area contributed by atoms with Crippen LogP contribution < -0.4 is 21.9 Å². The first kappa shape index (κ1) is 21.5. The number of hydrogen-bond donors (Lipinski definition) is 4. The van der Waals surface area contributed by atoms with E-state index in [-0.39, 0.29) is 23.0 Å². The highest BCUT2D eigenvalue weighted by molar-refractivity contribution is 6.31. The highest BCUT2D eigenvalue weighted by Gasteiger charge is 2.33. The monoisotopic (exact) mass is 456 g/mol. The summed E-state index contributed by atoms with van der Waals surface area (Å²) in [6.45, 7) is 0. The fraction of sp³-hybridized carbons (Fsp3) is 0.0556. The van der Waals surface area contributed by atoms with Gasteiger partial charge in [0, 0.05) is 16.3 Å². The van der Waals surface area contributed by atoms with Gasteiger partial charge in [-0.15, -0.1) is 0 Å². The molecule has 0 aliphatic rings. The quantitative estimate of drug-likeness (QED) is 0.407. The molecule has 3 rings (SSSR count). The maximum absolute atomic E-state index is 13.0. The number of nitrogens with one attached hydrogen (secondary N) is 3. The lowest BCUT2D eigenvalue weighted by atomic mass is 10.2. The van der Waals surface area contributed by atoms with Crippen LogP contribution in [0.5, 0.6) is 0 Å². The summed E-state index contributed by atoms with van der Waals surface area (Å²) in [7, 11) is 0. The number of anilines is 4. The number of nitrogen functional groups attached to an aromatic ring is 1. The lowest BCUT2D eigenvalue weighted by Crippen LogP contribution is -2.30. The predicted molar refractivity (Wildman–Crippen MR) is 109 cm³/mol. The number of hydrogen-bond acceptors (Lipinski definition) is 6. The summed E-state index contributed by atoms with van der Waals surface area (Å²) in [6, 6.07) is 9.43. The third kappa shape index (κ3) is 5.02. The molecule has 0 aliphatic carbocycles. The van der Waals surface area contributed by atoms with Gasteiger partial charge >= 0.3 is 6.18 Å². The van der Waals surface area contributed by atoms with Crippen molar-refractivity contribution in [3.63, 3.8) is 0 Å². The van der Waals surface area contributed by atoms with Crippen molar-refractivity contribution >= 4 is 52.1 Å². The number of halogens is 5. The van der Waals surface area contributed by atoms with Gasteiger partial charge in [-0.1, -0.05) is 23.2 Å². The largest absolute Gasteiger partial charge is 0.417 e. The van der Waals surface area contributed by atoms with E-state index < -0.39 is 22.7 Å². The van der Waals surface area contributed by atoms with Crippen LogP contribution >= 0.6 is 23.2 Å². The third-order valence-corrected chi connectivity index (χ3v) is 4.40. The van der Waals surface area contributed by atoms with Crippen LogP contribution in [0.4, 0.5) is 36.2 Å². The second-order valence-corrected chi connectivity index (χ2v) is 6.73. The number of benzene rings is 2. The minimum Gasteiger partial charge on any atom is -0.393 e. The third-order valence-electron chi connectivity index (χ3n) is 3.82. The molecule has 3 aromatic rings. The Labute approximate surface area is 178 Å². The van der Waals surface area contributed by atoms with Crippen molar-refractivity contribution in [3.8, 4) is 0 Å². The van der Waals surface area contributed by atoms with Crippen LogP contribution in [-0.2, 0) is 6.18 Å². The first-order chi connectivity index (χ1) is 14.1. The van der Waals surface area contributed by atoms with Gasteiger partial charge < -0.3 is 11.1 Å². The number of amides is 1. The second-order valence-electron chi connectivity index (χ2n) is 5.89. The SMILES string of the molecule is Nc1c(NNC(=O)c2ccc(Cl)cc2)ncnc1Nc1ccc(Cl)c(C(F)(F)F)c1. The molecule has 156 valence electrons. The fourth-order valence-corrected chi connectivity index (χ4v) is 2.69. The molecule has 0 radical (unpaired) electrons. The number of carbonyl (C=O) groups is 1. The molecule has 1 amide bonds. The van der Waals surface area contributed by atoms with Gasteiger partial charge in [-0.2, -0.15) is 13.2 Å². The number of carbonyl (C=O) groups excluding carboxylic acids is 1. The Balaban J connectivity index is 1.75. The van der Waals surface area contributed by atoms with Crippen LogP contribution in [0, 0.1) is 0 Å². The van der Waals surface area contributed by atoms with Crippen LogP contribution in [0.25, 0.3) is 0 Å². The van der Waals surface area contributed by atoms with Crippen LogP contribution in [-0.4, -0.2) is 15.9 Å². The van der Waals surface area contributed by atoms with E-state index in [0.717, 1.165) is 18.5 Å². The molecule has 1 heterocycles. The zero-order valence-corrected chi connectivity index (χ0v) is 16.4. The Bertz CT molecular complexity index is 1080. The zero-order valence-electron chi connectivity index (χ0n) is 14.9. The van der Waals surface area contributed by atoms with Gasteiger partial charge in [0.05, 0.1) is 10.6 Å². The number of alkyl halides is 3. The maximum Gasteiger partial charge on any atom is 0.417 e. The molecule has 0 unspecified atom stereocenters. The van der Waals surface area contributed by atoms with E-state index in [9.17, 15) is 18.0 Å². The van der Waals surface area contributed by atoms with Crippen molar-refractivity contribution in [2.24, 2.45) is 0 Å². The topological polar surface area (TPSA) is 105 Å². The van der Waals surface area contributed by atoms with E-state index in [2.05, 4.69) is 26.1 Å². The average Bonchev–Trinajstić information content (AvgIpc) is 2.69. The molecule has 0 saturated carbocycles. The summed E-state index contributed by atoms with van der Waals surface area (Å²) < 4.78 is 39.1. The molecule has 2 aromatic carbocycles. The Morgan fingerprint density at radius 2 is 1.67 bits per heavy atom. The number of aromatic nitrogens is 2. The van der Waals surface area contributed by atoms with Gasteiger partial charge in [-0.25, -0.2) is 9.97 Å². The average molecular weight is 457 g/mol. The molecule has 1 aromatic heterocycles. The summed E-state index contributed by atoms with van der Waals surface area (Å²) >= 11 is 11.4. The van der Waals surface area contributed by atoms with Crippen LogP contribution in [0.1, 0.15) is 15.9 Å². The predicted octanol–water partition coefficient (Wildman–Crippen LogP) is 4.88. The van der Waals surface area contributed by atoms with Crippen molar-refractivity contribution in [1.29, 1.82) is 0 Å². The minimum atomic E-state index is -4.62. The summed E-state index contributed by atoms with van der Waals surface area (Å²) in [5.74, 6) is -0.407. The van der Waals surface area contributed by atoms with Gasteiger partial charge in [0.2, 0.25) is 0 Å². The van der Waals surface area contributed by atoms with E-state index in [0.29, 0.717) is 10.6 Å². The standard InChI is InChI=1S/C18H13Cl2F3N6O/c19-10-3-1-9(2-4-10)17(30)29-28-16-14(24)15(25-8-26-16)27-11-5-6-13(20)12(7-11)18(21,22)23/h1-8H,24H2,(H,29,30)(H2,25,26,27,28). The fourth-order valence-electron chi connectivity index (χ4n) is 2.34. The maximum atomic E-state index is 13.0. The summed E-state index contributed by atoms with van der Waals surface area (Å²) in [5, 5.41) is 2.72. The summed E-state index contributed by atoms with van der Waals surface area (Å²) in [5.41, 5.74) is 10.3. The van der Waals surface area contributed by atoms with Gasteiger partial charge in [-0.05, 0) is 42.5 Å². The Kier molecular flexibility index (Phi) is 6.18. The highest BCUT2D eigenvalue weighted by Crippen LogP contribution is 2.37. The van der Waals surface area contributed by atoms with Crippen LogP contribution in [0.3, 0.4) is 0 Å². The first-order valence-corrected chi connectivity index (χ1v) is 8.97. The van der Waals surface area contributed by atoms with Crippen molar-refractivity contribution < 1.29 is 18.0 Å². The number of hydrazine groups is 1. The highest BCUT2D eigenvalue weighted by atomic mass is 35.5. The lowest BCUT2D eigenvalue weighted by Gasteiger charge is -2.15. The van der Waals surface area contributed by atoms with Gasteiger partial charge in [-0.3, -0.25) is 15.6 Å².